The Bertz CT molecular complexity index is 968. The molecule has 108 valence electrons. The Morgan fingerprint density at radius 1 is 0.909 bits per heavy atom. The highest BCUT2D eigenvalue weighted by atomic mass is 16.5. The fourth-order valence-electron chi connectivity index (χ4n) is 3.09. The van der Waals surface area contributed by atoms with Crippen LogP contribution >= 0.6 is 0 Å². The summed E-state index contributed by atoms with van der Waals surface area (Å²) in [5.41, 5.74) is 4.48. The first kappa shape index (κ1) is 12.9. The molecule has 0 amide bonds. The normalized spacial score (nSPS) is 11.2. The maximum atomic E-state index is 5.24. The molecule has 0 spiro atoms. The Labute approximate surface area is 128 Å². The van der Waals surface area contributed by atoms with Gasteiger partial charge >= 0.3 is 0 Å². The van der Waals surface area contributed by atoms with Crippen molar-refractivity contribution in [3.05, 3.63) is 60.8 Å². The van der Waals surface area contributed by atoms with E-state index in [1.807, 2.05) is 18.3 Å². The van der Waals surface area contributed by atoms with Gasteiger partial charge in [0.2, 0.25) is 0 Å². The van der Waals surface area contributed by atoms with Gasteiger partial charge < -0.3 is 9.30 Å². The Balaban J connectivity index is 2.05. The summed E-state index contributed by atoms with van der Waals surface area (Å²) in [6.07, 6.45) is 1.88. The van der Waals surface area contributed by atoms with Crippen molar-refractivity contribution in [1.82, 2.24) is 9.55 Å². The average Bonchev–Trinajstić information content (AvgIpc) is 2.89. The monoisotopic (exact) mass is 288 g/mol. The zero-order valence-corrected chi connectivity index (χ0v) is 12.6. The SMILES string of the molecule is COc1ccc(-c2nccc3c4ccccc4n(C)c23)cc1. The van der Waals surface area contributed by atoms with Crippen LogP contribution in [0.4, 0.5) is 0 Å². The van der Waals surface area contributed by atoms with Gasteiger partial charge in [-0.1, -0.05) is 18.2 Å². The predicted molar refractivity (Wildman–Crippen MR) is 90.2 cm³/mol. The number of ether oxygens (including phenoxy) is 1. The molecule has 0 N–H and O–H groups in total. The van der Waals surface area contributed by atoms with Gasteiger partial charge in [-0.05, 0) is 36.4 Å². The number of fused-ring (bicyclic) bond motifs is 3. The lowest BCUT2D eigenvalue weighted by atomic mass is 10.1. The third-order valence-electron chi connectivity index (χ3n) is 4.18. The van der Waals surface area contributed by atoms with E-state index in [0.29, 0.717) is 0 Å². The van der Waals surface area contributed by atoms with E-state index in [1.54, 1.807) is 7.11 Å². The molecule has 4 rings (SSSR count). The van der Waals surface area contributed by atoms with Crippen LogP contribution in [0.2, 0.25) is 0 Å². The number of methoxy groups -OCH3 is 1. The maximum Gasteiger partial charge on any atom is 0.118 e. The Morgan fingerprint density at radius 2 is 1.68 bits per heavy atom. The minimum absolute atomic E-state index is 0.855. The second-order valence-corrected chi connectivity index (χ2v) is 5.36. The van der Waals surface area contributed by atoms with Gasteiger partial charge in [0.1, 0.15) is 5.75 Å². The summed E-state index contributed by atoms with van der Waals surface area (Å²) in [5, 5.41) is 2.50. The summed E-state index contributed by atoms with van der Waals surface area (Å²) in [6, 6.07) is 18.6. The summed E-state index contributed by atoms with van der Waals surface area (Å²) in [6.45, 7) is 0. The van der Waals surface area contributed by atoms with E-state index < -0.39 is 0 Å². The quantitative estimate of drug-likeness (QED) is 0.546. The van der Waals surface area contributed by atoms with Crippen molar-refractivity contribution in [3.63, 3.8) is 0 Å². The highest BCUT2D eigenvalue weighted by molar-refractivity contribution is 6.11. The lowest BCUT2D eigenvalue weighted by molar-refractivity contribution is 0.415. The molecule has 0 unspecified atom stereocenters. The number of pyridine rings is 1. The van der Waals surface area contributed by atoms with E-state index in [2.05, 4.69) is 59.1 Å². The van der Waals surface area contributed by atoms with Gasteiger partial charge in [-0.3, -0.25) is 4.98 Å². The van der Waals surface area contributed by atoms with Gasteiger partial charge in [-0.15, -0.1) is 0 Å². The van der Waals surface area contributed by atoms with Gasteiger partial charge in [0.25, 0.3) is 0 Å². The van der Waals surface area contributed by atoms with Crippen LogP contribution in [0.5, 0.6) is 5.75 Å². The molecule has 3 nitrogen and oxygen atoms in total. The number of aromatic nitrogens is 2. The van der Waals surface area contributed by atoms with Gasteiger partial charge in [0.15, 0.2) is 0 Å². The first-order valence-electron chi connectivity index (χ1n) is 7.26. The minimum atomic E-state index is 0.855. The van der Waals surface area contributed by atoms with Crippen molar-refractivity contribution in [2.24, 2.45) is 7.05 Å². The van der Waals surface area contributed by atoms with Crippen molar-refractivity contribution in [3.8, 4) is 17.0 Å². The number of hydrogen-bond acceptors (Lipinski definition) is 2. The van der Waals surface area contributed by atoms with Gasteiger partial charge in [0.05, 0.1) is 18.3 Å². The third-order valence-corrected chi connectivity index (χ3v) is 4.18. The van der Waals surface area contributed by atoms with Crippen LogP contribution in [0.1, 0.15) is 0 Å². The molecule has 2 heterocycles. The molecule has 0 fully saturated rings. The van der Waals surface area contributed by atoms with Crippen molar-refractivity contribution >= 4 is 21.8 Å². The number of nitrogens with zero attached hydrogens (tertiary/aromatic N) is 2. The molecule has 0 bridgehead atoms. The fourth-order valence-corrected chi connectivity index (χ4v) is 3.09. The molecule has 0 saturated heterocycles. The standard InChI is InChI=1S/C19H16N2O/c1-21-17-6-4-3-5-15(17)16-11-12-20-18(19(16)21)13-7-9-14(22-2)10-8-13/h3-12H,1-2H3. The molecular weight excluding hydrogens is 272 g/mol. The zero-order chi connectivity index (χ0) is 15.1. The first-order valence-corrected chi connectivity index (χ1v) is 7.26. The van der Waals surface area contributed by atoms with Crippen molar-refractivity contribution < 1.29 is 4.74 Å². The predicted octanol–water partition coefficient (Wildman–Crippen LogP) is 4.40. The van der Waals surface area contributed by atoms with Gasteiger partial charge in [-0.25, -0.2) is 0 Å². The van der Waals surface area contributed by atoms with Crippen molar-refractivity contribution in [2.45, 2.75) is 0 Å². The van der Waals surface area contributed by atoms with Crippen molar-refractivity contribution in [2.75, 3.05) is 7.11 Å². The Kier molecular flexibility index (Phi) is 2.86. The molecule has 2 aromatic heterocycles. The number of rotatable bonds is 2. The van der Waals surface area contributed by atoms with Crippen LogP contribution in [0, 0.1) is 0 Å². The molecule has 0 aliphatic heterocycles. The summed E-state index contributed by atoms with van der Waals surface area (Å²) < 4.78 is 7.46. The highest BCUT2D eigenvalue weighted by Crippen LogP contribution is 2.34. The smallest absolute Gasteiger partial charge is 0.118 e. The molecule has 0 radical (unpaired) electrons. The average molecular weight is 288 g/mol. The van der Waals surface area contributed by atoms with Crippen molar-refractivity contribution in [1.29, 1.82) is 0 Å². The second-order valence-electron chi connectivity index (χ2n) is 5.36. The number of benzene rings is 2. The molecule has 4 aromatic rings. The van der Waals surface area contributed by atoms with E-state index in [9.17, 15) is 0 Å². The van der Waals surface area contributed by atoms with Crippen LogP contribution in [0.25, 0.3) is 33.1 Å². The van der Waals surface area contributed by atoms with E-state index >= 15 is 0 Å². The number of aryl methyl sites for hydroxylation is 1. The molecular formula is C19H16N2O. The van der Waals surface area contributed by atoms with E-state index in [4.69, 9.17) is 4.74 Å². The van der Waals surface area contributed by atoms with E-state index in [0.717, 1.165) is 22.5 Å². The van der Waals surface area contributed by atoms with Crippen LogP contribution < -0.4 is 4.74 Å². The lowest BCUT2D eigenvalue weighted by Gasteiger charge is -2.07. The molecule has 0 atom stereocenters. The minimum Gasteiger partial charge on any atom is -0.497 e. The van der Waals surface area contributed by atoms with Crippen LogP contribution in [-0.4, -0.2) is 16.7 Å². The molecule has 0 aliphatic carbocycles. The molecule has 0 aliphatic rings. The summed E-state index contributed by atoms with van der Waals surface area (Å²) in [5.74, 6) is 0.855. The van der Waals surface area contributed by atoms with Crippen LogP contribution in [0.15, 0.2) is 60.8 Å². The largest absolute Gasteiger partial charge is 0.497 e. The topological polar surface area (TPSA) is 27.1 Å². The van der Waals surface area contributed by atoms with Crippen LogP contribution in [0.3, 0.4) is 0 Å². The summed E-state index contributed by atoms with van der Waals surface area (Å²) in [7, 11) is 3.78. The highest BCUT2D eigenvalue weighted by Gasteiger charge is 2.13. The second kappa shape index (κ2) is 4.88. The zero-order valence-electron chi connectivity index (χ0n) is 12.6. The molecule has 3 heteroatoms. The summed E-state index contributed by atoms with van der Waals surface area (Å²) >= 11 is 0. The first-order chi connectivity index (χ1) is 10.8. The fraction of sp³-hybridized carbons (Fsp3) is 0.105. The van der Waals surface area contributed by atoms with Gasteiger partial charge in [-0.2, -0.15) is 0 Å². The third kappa shape index (κ3) is 1.79. The molecule has 22 heavy (non-hydrogen) atoms. The number of para-hydroxylation sites is 1. The Morgan fingerprint density at radius 3 is 2.45 bits per heavy atom. The Hall–Kier alpha value is -2.81. The lowest BCUT2D eigenvalue weighted by Crippen LogP contribution is -1.92. The summed E-state index contributed by atoms with van der Waals surface area (Å²) in [4.78, 5) is 4.63. The molecule has 2 aromatic carbocycles. The van der Waals surface area contributed by atoms with Gasteiger partial charge in [0, 0.05) is 35.1 Å². The van der Waals surface area contributed by atoms with E-state index in [-0.39, 0.29) is 0 Å². The van der Waals surface area contributed by atoms with Crippen LogP contribution in [-0.2, 0) is 7.05 Å². The maximum absolute atomic E-state index is 5.24. The van der Waals surface area contributed by atoms with E-state index in [1.165, 1.54) is 16.3 Å². The number of hydrogen-bond donors (Lipinski definition) is 0. The molecule has 0 saturated carbocycles.